The Labute approximate surface area is 141 Å². The van der Waals surface area contributed by atoms with Crippen LogP contribution < -0.4 is 10.6 Å². The number of anilines is 1. The maximum absolute atomic E-state index is 11.4. The summed E-state index contributed by atoms with van der Waals surface area (Å²) in [6, 6.07) is 0.290. The van der Waals surface area contributed by atoms with Gasteiger partial charge in [-0.1, -0.05) is 17.7 Å². The molecule has 3 heterocycles. The average Bonchev–Trinajstić information content (AvgIpc) is 2.58. The van der Waals surface area contributed by atoms with Crippen molar-refractivity contribution in [1.82, 2.24) is 20.2 Å². The molecule has 0 aromatic carbocycles. The van der Waals surface area contributed by atoms with Crippen LogP contribution in [0, 0.1) is 0 Å². The van der Waals surface area contributed by atoms with Gasteiger partial charge in [0.1, 0.15) is 0 Å². The van der Waals surface area contributed by atoms with Crippen LogP contribution in [0.2, 0.25) is 5.02 Å². The summed E-state index contributed by atoms with van der Waals surface area (Å²) in [5.41, 5.74) is 1.93. The van der Waals surface area contributed by atoms with Crippen LogP contribution in [0.15, 0.2) is 12.3 Å². The normalized spacial score (nSPS) is 19.4. The third kappa shape index (κ3) is 4.00. The van der Waals surface area contributed by atoms with Crippen LogP contribution in [-0.4, -0.2) is 53.0 Å². The van der Waals surface area contributed by atoms with E-state index in [1.807, 2.05) is 4.90 Å². The second-order valence-corrected chi connectivity index (χ2v) is 6.42. The molecule has 23 heavy (non-hydrogen) atoms. The monoisotopic (exact) mass is 335 g/mol. The largest absolute Gasteiger partial charge is 0.351 e. The molecule has 6 nitrogen and oxygen atoms in total. The molecule has 7 heteroatoms. The molecule has 2 aliphatic heterocycles. The molecular formula is C16H22ClN5O. The molecule has 0 saturated carbocycles. The number of carbonyl (C=O) groups excluding carboxylic acids is 1. The number of aromatic nitrogens is 2. The van der Waals surface area contributed by atoms with Crippen molar-refractivity contribution >= 4 is 29.0 Å². The second kappa shape index (κ2) is 7.27. The molecule has 0 atom stereocenters. The fourth-order valence-electron chi connectivity index (χ4n) is 3.01. The van der Waals surface area contributed by atoms with Gasteiger partial charge < -0.3 is 15.5 Å². The first-order valence-corrected chi connectivity index (χ1v) is 8.46. The maximum atomic E-state index is 11.4. The Bertz CT molecular complexity index is 610. The van der Waals surface area contributed by atoms with Crippen LogP contribution in [0.5, 0.6) is 0 Å². The fraction of sp³-hybridized carbons (Fsp3) is 0.562. The van der Waals surface area contributed by atoms with Gasteiger partial charge in [0.15, 0.2) is 0 Å². The van der Waals surface area contributed by atoms with Crippen molar-refractivity contribution in [2.75, 3.05) is 31.5 Å². The van der Waals surface area contributed by atoms with Gasteiger partial charge in [-0.2, -0.15) is 0 Å². The number of amides is 1. The SMILES string of the molecule is CC(=O)N1CCC(Nc2ncc(Cl)c(C3=CCCNC3)n2)CC1. The zero-order chi connectivity index (χ0) is 16.2. The summed E-state index contributed by atoms with van der Waals surface area (Å²) in [6.45, 7) is 4.96. The molecule has 1 aromatic heterocycles. The van der Waals surface area contributed by atoms with Crippen molar-refractivity contribution in [3.05, 3.63) is 23.0 Å². The number of hydrogen-bond donors (Lipinski definition) is 2. The zero-order valence-corrected chi connectivity index (χ0v) is 14.1. The average molecular weight is 336 g/mol. The number of nitrogens with zero attached hydrogens (tertiary/aromatic N) is 3. The van der Waals surface area contributed by atoms with Crippen molar-refractivity contribution < 1.29 is 4.79 Å². The molecule has 0 aliphatic carbocycles. The first-order chi connectivity index (χ1) is 11.1. The molecule has 0 radical (unpaired) electrons. The second-order valence-electron chi connectivity index (χ2n) is 6.01. The number of rotatable bonds is 3. The summed E-state index contributed by atoms with van der Waals surface area (Å²) in [5, 5.41) is 7.29. The third-order valence-corrected chi connectivity index (χ3v) is 4.63. The highest BCUT2D eigenvalue weighted by molar-refractivity contribution is 6.32. The van der Waals surface area contributed by atoms with E-state index >= 15 is 0 Å². The lowest BCUT2D eigenvalue weighted by Gasteiger charge is -2.31. The highest BCUT2D eigenvalue weighted by Crippen LogP contribution is 2.24. The van der Waals surface area contributed by atoms with E-state index < -0.39 is 0 Å². The number of nitrogens with one attached hydrogen (secondary N) is 2. The Hall–Kier alpha value is -1.66. The number of likely N-dealkylation sites (tertiary alicyclic amines) is 1. The van der Waals surface area contributed by atoms with E-state index in [2.05, 4.69) is 26.7 Å². The Balaban J connectivity index is 1.67. The van der Waals surface area contributed by atoms with E-state index in [0.717, 1.165) is 56.7 Å². The predicted octanol–water partition coefficient (Wildman–Crippen LogP) is 1.93. The topological polar surface area (TPSA) is 70.2 Å². The molecular weight excluding hydrogens is 314 g/mol. The van der Waals surface area contributed by atoms with Crippen molar-refractivity contribution in [3.8, 4) is 0 Å². The van der Waals surface area contributed by atoms with Gasteiger partial charge in [0.25, 0.3) is 0 Å². The lowest BCUT2D eigenvalue weighted by molar-refractivity contribution is -0.129. The van der Waals surface area contributed by atoms with Gasteiger partial charge in [-0.15, -0.1) is 0 Å². The molecule has 0 bridgehead atoms. The molecule has 1 amide bonds. The Morgan fingerprint density at radius 1 is 1.43 bits per heavy atom. The van der Waals surface area contributed by atoms with Gasteiger partial charge >= 0.3 is 0 Å². The summed E-state index contributed by atoms with van der Waals surface area (Å²) in [4.78, 5) is 22.2. The summed E-state index contributed by atoms with van der Waals surface area (Å²) in [5.74, 6) is 0.752. The summed E-state index contributed by atoms with van der Waals surface area (Å²) in [6.07, 6.45) is 6.64. The standard InChI is InChI=1S/C16H22ClN5O/c1-11(23)22-7-4-13(5-8-22)20-16-19-10-14(17)15(21-16)12-3-2-6-18-9-12/h3,10,13,18H,2,4-9H2,1H3,(H,19,20,21). The minimum absolute atomic E-state index is 0.144. The third-order valence-electron chi connectivity index (χ3n) is 4.35. The fourth-order valence-corrected chi connectivity index (χ4v) is 3.22. The van der Waals surface area contributed by atoms with E-state index in [1.54, 1.807) is 13.1 Å². The van der Waals surface area contributed by atoms with Gasteiger partial charge in [0.2, 0.25) is 11.9 Å². The van der Waals surface area contributed by atoms with Crippen LogP contribution >= 0.6 is 11.6 Å². The lowest BCUT2D eigenvalue weighted by Crippen LogP contribution is -2.41. The van der Waals surface area contributed by atoms with E-state index in [1.165, 1.54) is 0 Å². The Morgan fingerprint density at radius 2 is 2.22 bits per heavy atom. The van der Waals surface area contributed by atoms with Crippen molar-refractivity contribution in [3.63, 3.8) is 0 Å². The summed E-state index contributed by atoms with van der Waals surface area (Å²) >= 11 is 6.26. The van der Waals surface area contributed by atoms with Crippen LogP contribution in [-0.2, 0) is 4.79 Å². The Kier molecular flexibility index (Phi) is 5.13. The van der Waals surface area contributed by atoms with Crippen LogP contribution in [0.4, 0.5) is 5.95 Å². The van der Waals surface area contributed by atoms with Crippen molar-refractivity contribution in [2.24, 2.45) is 0 Å². The number of carbonyl (C=O) groups is 1. The van der Waals surface area contributed by atoms with Crippen LogP contribution in [0.3, 0.4) is 0 Å². The van der Waals surface area contributed by atoms with E-state index in [4.69, 9.17) is 11.6 Å². The lowest BCUT2D eigenvalue weighted by atomic mass is 10.1. The first kappa shape index (κ1) is 16.2. The van der Waals surface area contributed by atoms with E-state index in [-0.39, 0.29) is 11.9 Å². The highest BCUT2D eigenvalue weighted by Gasteiger charge is 2.21. The first-order valence-electron chi connectivity index (χ1n) is 8.08. The molecule has 2 aliphatic rings. The highest BCUT2D eigenvalue weighted by atomic mass is 35.5. The van der Waals surface area contributed by atoms with Gasteiger partial charge in [0, 0.05) is 32.6 Å². The summed E-state index contributed by atoms with van der Waals surface area (Å²) < 4.78 is 0. The molecule has 1 aromatic rings. The molecule has 2 N–H and O–H groups in total. The smallest absolute Gasteiger partial charge is 0.223 e. The molecule has 0 spiro atoms. The quantitative estimate of drug-likeness (QED) is 0.883. The molecule has 1 saturated heterocycles. The van der Waals surface area contributed by atoms with Crippen molar-refractivity contribution in [2.45, 2.75) is 32.2 Å². The Morgan fingerprint density at radius 3 is 2.87 bits per heavy atom. The molecule has 1 fully saturated rings. The van der Waals surface area contributed by atoms with Gasteiger partial charge in [-0.05, 0) is 31.4 Å². The van der Waals surface area contributed by atoms with E-state index in [0.29, 0.717) is 11.0 Å². The van der Waals surface area contributed by atoms with Crippen LogP contribution in [0.25, 0.3) is 5.57 Å². The number of halogens is 1. The van der Waals surface area contributed by atoms with Crippen molar-refractivity contribution in [1.29, 1.82) is 0 Å². The van der Waals surface area contributed by atoms with Gasteiger partial charge in [0.05, 0.1) is 16.9 Å². The maximum Gasteiger partial charge on any atom is 0.223 e. The molecule has 124 valence electrons. The predicted molar refractivity (Wildman–Crippen MR) is 91.4 cm³/mol. The summed E-state index contributed by atoms with van der Waals surface area (Å²) in [7, 11) is 0. The molecule has 3 rings (SSSR count). The zero-order valence-electron chi connectivity index (χ0n) is 13.3. The minimum atomic E-state index is 0.144. The van der Waals surface area contributed by atoms with Gasteiger partial charge in [-0.3, -0.25) is 4.79 Å². The van der Waals surface area contributed by atoms with Gasteiger partial charge in [-0.25, -0.2) is 9.97 Å². The minimum Gasteiger partial charge on any atom is -0.351 e. The molecule has 0 unspecified atom stereocenters. The number of piperidine rings is 1. The van der Waals surface area contributed by atoms with Crippen LogP contribution in [0.1, 0.15) is 31.9 Å². The van der Waals surface area contributed by atoms with E-state index in [9.17, 15) is 4.79 Å². The number of hydrogen-bond acceptors (Lipinski definition) is 5.